The Kier molecular flexibility index (Phi) is 4.65. The van der Waals surface area contributed by atoms with Crippen molar-refractivity contribution < 1.29 is 14.1 Å². The fourth-order valence-corrected chi connectivity index (χ4v) is 3.69. The third-order valence-corrected chi connectivity index (χ3v) is 5.28. The molecule has 0 spiro atoms. The van der Waals surface area contributed by atoms with Crippen molar-refractivity contribution in [1.29, 1.82) is 0 Å². The Hall–Kier alpha value is -3.12. The van der Waals surface area contributed by atoms with Gasteiger partial charge in [-0.15, -0.1) is 0 Å². The van der Waals surface area contributed by atoms with Crippen molar-refractivity contribution >= 4 is 23.4 Å². The van der Waals surface area contributed by atoms with Crippen LogP contribution < -0.4 is 5.73 Å². The molecule has 0 saturated carbocycles. The van der Waals surface area contributed by atoms with Gasteiger partial charge in [0.15, 0.2) is 0 Å². The van der Waals surface area contributed by atoms with E-state index in [0.717, 1.165) is 11.1 Å². The van der Waals surface area contributed by atoms with E-state index in [9.17, 15) is 9.59 Å². The Morgan fingerprint density at radius 3 is 2.50 bits per heavy atom. The summed E-state index contributed by atoms with van der Waals surface area (Å²) in [4.78, 5) is 27.1. The molecule has 4 rings (SSSR count). The summed E-state index contributed by atoms with van der Waals surface area (Å²) in [6.45, 7) is 1.98. The number of aromatic nitrogens is 1. The second-order valence-corrected chi connectivity index (χ2v) is 7.23. The first-order valence-electron chi connectivity index (χ1n) is 8.85. The number of hydrogen-bond donors (Lipinski definition) is 1. The third-order valence-electron chi connectivity index (χ3n) is 5.03. The number of aryl methyl sites for hydroxylation is 1. The molecule has 2 amide bonds. The Morgan fingerprint density at radius 2 is 1.82 bits per heavy atom. The van der Waals surface area contributed by atoms with Crippen molar-refractivity contribution in [3.05, 3.63) is 76.0 Å². The molecule has 142 valence electrons. The van der Waals surface area contributed by atoms with Crippen molar-refractivity contribution in [2.45, 2.75) is 25.9 Å². The van der Waals surface area contributed by atoms with Gasteiger partial charge in [-0.05, 0) is 30.2 Å². The number of carbonyl (C=O) groups excluding carboxylic acids is 2. The molecule has 0 saturated heterocycles. The molecule has 1 atom stereocenters. The number of nitrogens with two attached hydrogens (primary N) is 1. The van der Waals surface area contributed by atoms with Crippen LogP contribution in [-0.4, -0.2) is 27.9 Å². The second kappa shape index (κ2) is 7.13. The summed E-state index contributed by atoms with van der Waals surface area (Å²) in [5, 5.41) is 4.65. The zero-order chi connectivity index (χ0) is 19.8. The van der Waals surface area contributed by atoms with Crippen LogP contribution in [0.3, 0.4) is 0 Å². The molecule has 0 unspecified atom stereocenters. The van der Waals surface area contributed by atoms with Crippen molar-refractivity contribution in [2.75, 3.05) is 0 Å². The van der Waals surface area contributed by atoms with Gasteiger partial charge in [-0.1, -0.05) is 53.2 Å². The smallest absolute Gasteiger partial charge is 0.260 e. The summed E-state index contributed by atoms with van der Waals surface area (Å²) in [5.41, 5.74) is 9.09. The largest absolute Gasteiger partial charge is 0.368 e. The van der Waals surface area contributed by atoms with Crippen LogP contribution >= 0.6 is 11.6 Å². The van der Waals surface area contributed by atoms with Gasteiger partial charge in [0.05, 0.1) is 0 Å². The monoisotopic (exact) mass is 395 g/mol. The van der Waals surface area contributed by atoms with Crippen LogP contribution in [0.4, 0.5) is 0 Å². The SMILES string of the molecule is Cc1onc(-c2ccc(Cl)cc2)c1C(=O)N1Cc2ccccc2C[C@H]1C(N)=O. The number of fused-ring (bicyclic) bond motifs is 1. The van der Waals surface area contributed by atoms with Crippen LogP contribution in [0.25, 0.3) is 11.3 Å². The van der Waals surface area contributed by atoms with Crippen LogP contribution in [0.5, 0.6) is 0 Å². The maximum absolute atomic E-state index is 13.5. The quantitative estimate of drug-likeness (QED) is 0.736. The lowest BCUT2D eigenvalue weighted by Crippen LogP contribution is -2.51. The van der Waals surface area contributed by atoms with Gasteiger partial charge < -0.3 is 15.2 Å². The van der Waals surface area contributed by atoms with Crippen LogP contribution in [0.15, 0.2) is 53.1 Å². The van der Waals surface area contributed by atoms with Gasteiger partial charge in [0.25, 0.3) is 5.91 Å². The van der Waals surface area contributed by atoms with Crippen LogP contribution in [0.1, 0.15) is 27.2 Å². The summed E-state index contributed by atoms with van der Waals surface area (Å²) >= 11 is 5.96. The molecule has 0 aliphatic carbocycles. The summed E-state index contributed by atoms with van der Waals surface area (Å²) in [6, 6.07) is 14.0. The zero-order valence-corrected chi connectivity index (χ0v) is 15.9. The van der Waals surface area contributed by atoms with Crippen LogP contribution in [0.2, 0.25) is 5.02 Å². The number of amides is 2. The minimum absolute atomic E-state index is 0.299. The molecule has 1 aliphatic heterocycles. The highest BCUT2D eigenvalue weighted by atomic mass is 35.5. The van der Waals surface area contributed by atoms with Crippen molar-refractivity contribution in [3.63, 3.8) is 0 Å². The molecule has 2 aromatic carbocycles. The fourth-order valence-electron chi connectivity index (χ4n) is 3.56. The molecule has 2 heterocycles. The van der Waals surface area contributed by atoms with E-state index in [1.165, 1.54) is 4.90 Å². The Bertz CT molecular complexity index is 1060. The molecule has 0 radical (unpaired) electrons. The number of hydrogen-bond acceptors (Lipinski definition) is 4. The van der Waals surface area contributed by atoms with E-state index in [-0.39, 0.29) is 5.91 Å². The van der Waals surface area contributed by atoms with Gasteiger partial charge in [0.2, 0.25) is 5.91 Å². The molecule has 3 aromatic rings. The van der Waals surface area contributed by atoms with E-state index < -0.39 is 11.9 Å². The topological polar surface area (TPSA) is 89.4 Å². The lowest BCUT2D eigenvalue weighted by Gasteiger charge is -2.35. The molecule has 2 N–H and O–H groups in total. The van der Waals surface area contributed by atoms with E-state index in [2.05, 4.69) is 5.16 Å². The van der Waals surface area contributed by atoms with Crippen molar-refractivity contribution in [1.82, 2.24) is 10.1 Å². The molecule has 0 bridgehead atoms. The molecule has 1 aliphatic rings. The standard InChI is InChI=1S/C21H18ClN3O3/c1-12-18(19(24-28-12)13-6-8-16(22)9-7-13)21(27)25-11-15-5-3-2-4-14(15)10-17(25)20(23)26/h2-9,17H,10-11H2,1H3,(H2,23,26)/t17-/m0/s1. The second-order valence-electron chi connectivity index (χ2n) is 6.79. The maximum Gasteiger partial charge on any atom is 0.260 e. The van der Waals surface area contributed by atoms with Gasteiger partial charge in [-0.25, -0.2) is 0 Å². The Morgan fingerprint density at radius 1 is 1.14 bits per heavy atom. The minimum Gasteiger partial charge on any atom is -0.368 e. The number of benzene rings is 2. The first-order chi connectivity index (χ1) is 13.5. The number of nitrogens with zero attached hydrogens (tertiary/aromatic N) is 2. The lowest BCUT2D eigenvalue weighted by molar-refractivity contribution is -0.122. The third kappa shape index (κ3) is 3.16. The number of primary amides is 1. The highest BCUT2D eigenvalue weighted by Gasteiger charge is 2.36. The lowest BCUT2D eigenvalue weighted by atomic mass is 9.92. The average Bonchev–Trinajstić information content (AvgIpc) is 3.08. The molecule has 6 nitrogen and oxygen atoms in total. The summed E-state index contributed by atoms with van der Waals surface area (Å²) < 4.78 is 5.31. The highest BCUT2D eigenvalue weighted by Crippen LogP contribution is 2.31. The molecule has 1 aromatic heterocycles. The predicted octanol–water partition coefficient (Wildman–Crippen LogP) is 3.36. The van der Waals surface area contributed by atoms with Crippen LogP contribution in [-0.2, 0) is 17.8 Å². The maximum atomic E-state index is 13.5. The van der Waals surface area contributed by atoms with Crippen molar-refractivity contribution in [2.24, 2.45) is 5.73 Å². The summed E-state index contributed by atoms with van der Waals surface area (Å²) in [7, 11) is 0. The highest BCUT2D eigenvalue weighted by molar-refractivity contribution is 6.30. The minimum atomic E-state index is -0.727. The Balaban J connectivity index is 1.76. The molecule has 7 heteroatoms. The van der Waals surface area contributed by atoms with E-state index in [4.69, 9.17) is 21.9 Å². The van der Waals surface area contributed by atoms with Gasteiger partial charge in [0, 0.05) is 23.6 Å². The van der Waals surface area contributed by atoms with Gasteiger partial charge >= 0.3 is 0 Å². The van der Waals surface area contributed by atoms with E-state index in [1.54, 1.807) is 31.2 Å². The molecular weight excluding hydrogens is 378 g/mol. The van der Waals surface area contributed by atoms with Gasteiger partial charge in [-0.2, -0.15) is 0 Å². The van der Waals surface area contributed by atoms with E-state index >= 15 is 0 Å². The molecule has 28 heavy (non-hydrogen) atoms. The zero-order valence-electron chi connectivity index (χ0n) is 15.2. The number of halogens is 1. The summed E-state index contributed by atoms with van der Waals surface area (Å²) in [6.07, 6.45) is 0.387. The fraction of sp³-hybridized carbons (Fsp3) is 0.190. The predicted molar refractivity (Wildman–Crippen MR) is 105 cm³/mol. The van der Waals surface area contributed by atoms with Crippen molar-refractivity contribution in [3.8, 4) is 11.3 Å². The average molecular weight is 396 g/mol. The first-order valence-corrected chi connectivity index (χ1v) is 9.22. The Labute approximate surface area is 166 Å². The first kappa shape index (κ1) is 18.3. The number of rotatable bonds is 3. The van der Waals surface area contributed by atoms with E-state index in [0.29, 0.717) is 40.6 Å². The molecular formula is C21H18ClN3O3. The normalized spacial score (nSPS) is 15.9. The number of carbonyl (C=O) groups is 2. The van der Waals surface area contributed by atoms with Gasteiger partial charge in [0.1, 0.15) is 23.1 Å². The van der Waals surface area contributed by atoms with Gasteiger partial charge in [-0.3, -0.25) is 9.59 Å². The molecule has 0 fully saturated rings. The summed E-state index contributed by atoms with van der Waals surface area (Å²) in [5.74, 6) is -0.482. The van der Waals surface area contributed by atoms with E-state index in [1.807, 2.05) is 24.3 Å². The van der Waals surface area contributed by atoms with Crippen LogP contribution in [0, 0.1) is 6.92 Å².